The minimum atomic E-state index is -3.74. The molecular formula is C23H31N3O5S2. The van der Waals surface area contributed by atoms with Crippen LogP contribution in [-0.4, -0.2) is 47.2 Å². The minimum absolute atomic E-state index is 0.0310. The summed E-state index contributed by atoms with van der Waals surface area (Å²) >= 11 is 0. The lowest BCUT2D eigenvalue weighted by molar-refractivity contribution is 0.102. The highest BCUT2D eigenvalue weighted by Crippen LogP contribution is 2.27. The first-order chi connectivity index (χ1) is 15.5. The molecule has 1 heterocycles. The highest BCUT2D eigenvalue weighted by Gasteiger charge is 2.27. The molecule has 0 spiro atoms. The van der Waals surface area contributed by atoms with Gasteiger partial charge in [0.1, 0.15) is 0 Å². The number of carbonyl (C=O) groups excluding carboxylic acids is 1. The third kappa shape index (κ3) is 5.46. The van der Waals surface area contributed by atoms with E-state index in [1.165, 1.54) is 23.5 Å². The second-order valence-corrected chi connectivity index (χ2v) is 12.1. The molecule has 180 valence electrons. The van der Waals surface area contributed by atoms with Gasteiger partial charge in [-0.05, 0) is 81.6 Å². The zero-order valence-corrected chi connectivity index (χ0v) is 21.1. The molecule has 0 atom stereocenters. The number of hydrogen-bond acceptors (Lipinski definition) is 5. The highest BCUT2D eigenvalue weighted by molar-refractivity contribution is 7.89. The van der Waals surface area contributed by atoms with E-state index in [0.29, 0.717) is 35.5 Å². The largest absolute Gasteiger partial charge is 0.322 e. The molecule has 1 aliphatic heterocycles. The van der Waals surface area contributed by atoms with Crippen LogP contribution in [0.15, 0.2) is 40.1 Å². The number of amides is 1. The van der Waals surface area contributed by atoms with E-state index in [2.05, 4.69) is 10.0 Å². The van der Waals surface area contributed by atoms with Gasteiger partial charge in [-0.1, -0.05) is 18.9 Å². The van der Waals surface area contributed by atoms with Gasteiger partial charge in [0.15, 0.2) is 0 Å². The Morgan fingerprint density at radius 2 is 1.48 bits per heavy atom. The number of sulfonamides is 2. The van der Waals surface area contributed by atoms with Crippen molar-refractivity contribution in [3.05, 3.63) is 52.6 Å². The number of aryl methyl sites for hydroxylation is 2. The zero-order chi connectivity index (χ0) is 24.4. The Bertz CT molecular complexity index is 1260. The zero-order valence-electron chi connectivity index (χ0n) is 19.4. The Morgan fingerprint density at radius 3 is 2.09 bits per heavy atom. The second kappa shape index (κ2) is 9.92. The van der Waals surface area contributed by atoms with Crippen molar-refractivity contribution in [2.75, 3.05) is 25.5 Å². The van der Waals surface area contributed by atoms with Crippen molar-refractivity contribution in [1.82, 2.24) is 9.03 Å². The molecule has 1 saturated heterocycles. The van der Waals surface area contributed by atoms with Crippen LogP contribution in [0.3, 0.4) is 0 Å². The number of hydrogen-bond donors (Lipinski definition) is 2. The van der Waals surface area contributed by atoms with E-state index in [-0.39, 0.29) is 15.4 Å². The lowest BCUT2D eigenvalue weighted by Crippen LogP contribution is -2.32. The molecule has 2 N–H and O–H groups in total. The molecule has 3 rings (SSSR count). The molecular weight excluding hydrogens is 462 g/mol. The molecule has 0 radical (unpaired) electrons. The Morgan fingerprint density at radius 1 is 0.848 bits per heavy atom. The van der Waals surface area contributed by atoms with E-state index >= 15 is 0 Å². The lowest BCUT2D eigenvalue weighted by Gasteiger charge is -2.21. The molecule has 0 aromatic heterocycles. The van der Waals surface area contributed by atoms with Crippen LogP contribution in [0.25, 0.3) is 0 Å². The van der Waals surface area contributed by atoms with E-state index in [1.807, 2.05) is 0 Å². The van der Waals surface area contributed by atoms with Gasteiger partial charge in [0.05, 0.1) is 9.79 Å². The second-order valence-electron chi connectivity index (χ2n) is 8.38. The number of carbonyl (C=O) groups is 1. The van der Waals surface area contributed by atoms with Gasteiger partial charge in [-0.25, -0.2) is 21.6 Å². The molecule has 0 bridgehead atoms. The summed E-state index contributed by atoms with van der Waals surface area (Å²) in [5, 5.41) is 2.72. The van der Waals surface area contributed by atoms with Crippen molar-refractivity contribution in [3.63, 3.8) is 0 Å². The van der Waals surface area contributed by atoms with E-state index in [1.54, 1.807) is 39.0 Å². The maximum atomic E-state index is 13.3. The molecule has 0 saturated carbocycles. The fourth-order valence-corrected chi connectivity index (χ4v) is 6.76. The smallest absolute Gasteiger partial charge is 0.255 e. The summed E-state index contributed by atoms with van der Waals surface area (Å²) in [6, 6.07) is 7.72. The van der Waals surface area contributed by atoms with Crippen molar-refractivity contribution in [3.8, 4) is 0 Å². The molecule has 2 aromatic carbocycles. The molecule has 1 aliphatic rings. The van der Waals surface area contributed by atoms with Gasteiger partial charge < -0.3 is 5.32 Å². The van der Waals surface area contributed by atoms with Gasteiger partial charge in [0, 0.05) is 24.3 Å². The molecule has 10 heteroatoms. The number of anilines is 1. The van der Waals surface area contributed by atoms with Crippen molar-refractivity contribution >= 4 is 31.6 Å². The van der Waals surface area contributed by atoms with Crippen LogP contribution in [0.5, 0.6) is 0 Å². The first-order valence-corrected chi connectivity index (χ1v) is 13.9. The number of nitrogens with zero attached hydrogens (tertiary/aromatic N) is 1. The summed E-state index contributed by atoms with van der Waals surface area (Å²) in [5.74, 6) is -0.521. The topological polar surface area (TPSA) is 113 Å². The molecule has 33 heavy (non-hydrogen) atoms. The normalized spacial score (nSPS) is 15.8. The number of benzene rings is 2. The molecule has 0 aliphatic carbocycles. The predicted molar refractivity (Wildman–Crippen MR) is 129 cm³/mol. The average molecular weight is 494 g/mol. The van der Waals surface area contributed by atoms with E-state index in [4.69, 9.17) is 0 Å². The maximum absolute atomic E-state index is 13.3. The standard InChI is InChI=1S/C23H31N3O5S2/c1-16-9-10-20(15-21(16)33(30,31)26-11-7-5-6-8-12-26)25-23(27)19-13-17(2)18(3)22(14-19)32(28,29)24-4/h9-10,13-15,24H,5-8,11-12H2,1-4H3,(H,25,27). The molecule has 1 fully saturated rings. The van der Waals surface area contributed by atoms with Crippen molar-refractivity contribution < 1.29 is 21.6 Å². The fourth-order valence-electron chi connectivity index (χ4n) is 3.93. The first-order valence-electron chi connectivity index (χ1n) is 10.9. The van der Waals surface area contributed by atoms with Crippen LogP contribution >= 0.6 is 0 Å². The molecule has 1 amide bonds. The van der Waals surface area contributed by atoms with Gasteiger partial charge in [-0.3, -0.25) is 4.79 Å². The number of nitrogens with one attached hydrogen (secondary N) is 2. The van der Waals surface area contributed by atoms with Crippen LogP contribution in [0.4, 0.5) is 5.69 Å². The van der Waals surface area contributed by atoms with Gasteiger partial charge >= 0.3 is 0 Å². The van der Waals surface area contributed by atoms with Gasteiger partial charge in [0.2, 0.25) is 20.0 Å². The Balaban J connectivity index is 1.93. The summed E-state index contributed by atoms with van der Waals surface area (Å²) in [4.78, 5) is 13.2. The van der Waals surface area contributed by atoms with Crippen molar-refractivity contribution in [2.24, 2.45) is 0 Å². The van der Waals surface area contributed by atoms with Crippen LogP contribution in [0.2, 0.25) is 0 Å². The quantitative estimate of drug-likeness (QED) is 0.641. The average Bonchev–Trinajstić information content (AvgIpc) is 3.06. The van der Waals surface area contributed by atoms with Crippen molar-refractivity contribution in [1.29, 1.82) is 0 Å². The summed E-state index contributed by atoms with van der Waals surface area (Å²) in [5.41, 5.74) is 2.32. The van der Waals surface area contributed by atoms with Crippen LogP contribution in [0, 0.1) is 20.8 Å². The van der Waals surface area contributed by atoms with Gasteiger partial charge in [0.25, 0.3) is 5.91 Å². The number of rotatable bonds is 6. The van der Waals surface area contributed by atoms with Crippen LogP contribution in [-0.2, 0) is 20.0 Å². The third-order valence-corrected chi connectivity index (χ3v) is 9.65. The lowest BCUT2D eigenvalue weighted by atomic mass is 10.1. The highest BCUT2D eigenvalue weighted by atomic mass is 32.2. The third-order valence-electron chi connectivity index (χ3n) is 6.07. The van der Waals surface area contributed by atoms with E-state index in [9.17, 15) is 21.6 Å². The SMILES string of the molecule is CNS(=O)(=O)c1cc(C(=O)Nc2ccc(C)c(S(=O)(=O)N3CCCCCC3)c2)cc(C)c1C. The van der Waals surface area contributed by atoms with Gasteiger partial charge in [-0.15, -0.1) is 0 Å². The van der Waals surface area contributed by atoms with Crippen molar-refractivity contribution in [2.45, 2.75) is 56.2 Å². The molecule has 0 unspecified atom stereocenters. The Labute approximate surface area is 196 Å². The summed E-state index contributed by atoms with van der Waals surface area (Å²) in [7, 11) is -6.11. The van der Waals surface area contributed by atoms with Crippen LogP contribution < -0.4 is 10.0 Å². The predicted octanol–water partition coefficient (Wildman–Crippen LogP) is 3.34. The Hall–Kier alpha value is -2.27. The van der Waals surface area contributed by atoms with Gasteiger partial charge in [-0.2, -0.15) is 4.31 Å². The molecule has 2 aromatic rings. The Kier molecular flexibility index (Phi) is 7.62. The summed E-state index contributed by atoms with van der Waals surface area (Å²) in [6.07, 6.45) is 3.70. The summed E-state index contributed by atoms with van der Waals surface area (Å²) < 4.78 is 55.1. The van der Waals surface area contributed by atoms with E-state index in [0.717, 1.165) is 25.7 Å². The molecule has 8 nitrogen and oxygen atoms in total. The van der Waals surface area contributed by atoms with E-state index < -0.39 is 26.0 Å². The van der Waals surface area contributed by atoms with Crippen LogP contribution in [0.1, 0.15) is 52.7 Å². The maximum Gasteiger partial charge on any atom is 0.255 e. The fraction of sp³-hybridized carbons (Fsp3) is 0.435. The minimum Gasteiger partial charge on any atom is -0.322 e. The summed E-state index contributed by atoms with van der Waals surface area (Å²) in [6.45, 7) is 6.13. The monoisotopic (exact) mass is 493 g/mol. The first kappa shape index (κ1) is 25.4.